The summed E-state index contributed by atoms with van der Waals surface area (Å²) in [5.41, 5.74) is 1.26. The summed E-state index contributed by atoms with van der Waals surface area (Å²) in [5, 5.41) is 0. The molecule has 0 aromatic heterocycles. The molecule has 0 bridgehead atoms. The summed E-state index contributed by atoms with van der Waals surface area (Å²) < 4.78 is 10.9. The molecule has 1 aromatic rings. The Morgan fingerprint density at radius 2 is 1.66 bits per heavy atom. The van der Waals surface area contributed by atoms with Crippen molar-refractivity contribution >= 4 is 5.91 Å². The average Bonchev–Trinajstić information content (AvgIpc) is 3.22. The number of carbonyl (C=O) groups excluding carboxylic acids is 1. The fourth-order valence-corrected chi connectivity index (χ4v) is 5.62. The number of fused-ring (bicyclic) bond motifs is 2. The Balaban J connectivity index is 1.11. The van der Waals surface area contributed by atoms with Gasteiger partial charge >= 0.3 is 0 Å². The highest BCUT2D eigenvalue weighted by molar-refractivity contribution is 5.78. The monoisotopic (exact) mass is 399 g/mol. The van der Waals surface area contributed by atoms with Gasteiger partial charge in [0.25, 0.3) is 0 Å². The van der Waals surface area contributed by atoms with Gasteiger partial charge in [-0.3, -0.25) is 14.6 Å². The van der Waals surface area contributed by atoms with Crippen LogP contribution in [0.25, 0.3) is 0 Å². The number of nitrogens with zero attached hydrogens (tertiary/aromatic N) is 3. The van der Waals surface area contributed by atoms with Gasteiger partial charge in [-0.15, -0.1) is 0 Å². The molecule has 0 N–H and O–H groups in total. The fourth-order valence-electron chi connectivity index (χ4n) is 5.62. The van der Waals surface area contributed by atoms with Crippen LogP contribution in [0.4, 0.5) is 0 Å². The Hall–Kier alpha value is -1.79. The molecule has 29 heavy (non-hydrogen) atoms. The third-order valence-corrected chi connectivity index (χ3v) is 7.23. The number of ether oxygens (including phenoxy) is 2. The third kappa shape index (κ3) is 4.24. The molecule has 158 valence electrons. The second kappa shape index (κ2) is 8.52. The number of piperidine rings is 1. The molecule has 1 saturated carbocycles. The Bertz CT molecular complexity index is 730. The summed E-state index contributed by atoms with van der Waals surface area (Å²) in [4.78, 5) is 20.1. The first kappa shape index (κ1) is 19.2. The Kier molecular flexibility index (Phi) is 5.64. The SMILES string of the molecule is O=C(CN1CCN(Cc2ccc3c(c2)OCO3)CC1)N1CCC[C@@H]2CCCC[C@H]21. The van der Waals surface area contributed by atoms with Crippen molar-refractivity contribution in [2.75, 3.05) is 46.1 Å². The molecule has 0 unspecified atom stereocenters. The first-order valence-corrected chi connectivity index (χ1v) is 11.4. The van der Waals surface area contributed by atoms with E-state index in [-0.39, 0.29) is 0 Å². The lowest BCUT2D eigenvalue weighted by Gasteiger charge is -2.45. The smallest absolute Gasteiger partial charge is 0.237 e. The number of piperazine rings is 1. The maximum absolute atomic E-state index is 13.0. The molecule has 1 amide bonds. The van der Waals surface area contributed by atoms with E-state index >= 15 is 0 Å². The zero-order chi connectivity index (χ0) is 19.6. The zero-order valence-electron chi connectivity index (χ0n) is 17.4. The van der Waals surface area contributed by atoms with Crippen molar-refractivity contribution < 1.29 is 14.3 Å². The number of hydrogen-bond donors (Lipinski definition) is 0. The summed E-state index contributed by atoms with van der Waals surface area (Å²) in [6.07, 6.45) is 7.72. The minimum absolute atomic E-state index is 0.324. The fraction of sp³-hybridized carbons (Fsp3) is 0.696. The zero-order valence-corrected chi connectivity index (χ0v) is 17.4. The molecular formula is C23H33N3O3. The lowest BCUT2D eigenvalue weighted by Crippen LogP contribution is -2.54. The molecule has 3 heterocycles. The van der Waals surface area contributed by atoms with Gasteiger partial charge in [0.15, 0.2) is 11.5 Å². The van der Waals surface area contributed by atoms with Crippen LogP contribution in [-0.2, 0) is 11.3 Å². The van der Waals surface area contributed by atoms with Crippen LogP contribution in [0.2, 0.25) is 0 Å². The highest BCUT2D eigenvalue weighted by Gasteiger charge is 2.36. The molecular weight excluding hydrogens is 366 g/mol. The second-order valence-electron chi connectivity index (χ2n) is 9.08. The predicted octanol–water partition coefficient (Wildman–Crippen LogP) is 2.71. The molecule has 6 nitrogen and oxygen atoms in total. The third-order valence-electron chi connectivity index (χ3n) is 7.23. The number of benzene rings is 1. The predicted molar refractivity (Wildman–Crippen MR) is 111 cm³/mol. The van der Waals surface area contributed by atoms with Gasteiger partial charge in [0, 0.05) is 45.3 Å². The van der Waals surface area contributed by atoms with Crippen LogP contribution in [0.3, 0.4) is 0 Å². The lowest BCUT2D eigenvalue weighted by molar-refractivity contribution is -0.139. The second-order valence-corrected chi connectivity index (χ2v) is 9.08. The van der Waals surface area contributed by atoms with Crippen LogP contribution in [0.1, 0.15) is 44.1 Å². The van der Waals surface area contributed by atoms with Gasteiger partial charge in [0.05, 0.1) is 6.54 Å². The molecule has 0 spiro atoms. The lowest BCUT2D eigenvalue weighted by atomic mass is 9.78. The van der Waals surface area contributed by atoms with Crippen LogP contribution in [0, 0.1) is 5.92 Å². The standard InChI is InChI=1S/C23H33N3O3/c27-23(26-9-3-5-19-4-1-2-6-20(19)26)16-25-12-10-24(11-13-25)15-18-7-8-21-22(14-18)29-17-28-21/h7-8,14,19-20H,1-6,9-13,15-17H2/t19-,20+/m0/s1. The molecule has 0 radical (unpaired) electrons. The van der Waals surface area contributed by atoms with Crippen molar-refractivity contribution in [1.29, 1.82) is 0 Å². The van der Waals surface area contributed by atoms with Gasteiger partial charge < -0.3 is 14.4 Å². The van der Waals surface area contributed by atoms with Crippen LogP contribution < -0.4 is 9.47 Å². The number of carbonyl (C=O) groups is 1. The number of hydrogen-bond acceptors (Lipinski definition) is 5. The highest BCUT2D eigenvalue weighted by atomic mass is 16.7. The van der Waals surface area contributed by atoms with E-state index in [0.29, 0.717) is 25.3 Å². The quantitative estimate of drug-likeness (QED) is 0.779. The normalized spacial score (nSPS) is 27.7. The molecule has 2 saturated heterocycles. The van der Waals surface area contributed by atoms with Gasteiger partial charge in [-0.25, -0.2) is 0 Å². The van der Waals surface area contributed by atoms with Crippen molar-refractivity contribution in [3.63, 3.8) is 0 Å². The minimum Gasteiger partial charge on any atom is -0.454 e. The van der Waals surface area contributed by atoms with E-state index in [1.54, 1.807) is 0 Å². The molecule has 1 aliphatic carbocycles. The number of likely N-dealkylation sites (tertiary alicyclic amines) is 1. The van der Waals surface area contributed by atoms with E-state index in [4.69, 9.17) is 9.47 Å². The van der Waals surface area contributed by atoms with Crippen molar-refractivity contribution in [2.24, 2.45) is 5.92 Å². The molecule has 6 heteroatoms. The maximum Gasteiger partial charge on any atom is 0.237 e. The number of amides is 1. The van der Waals surface area contributed by atoms with Crippen LogP contribution >= 0.6 is 0 Å². The van der Waals surface area contributed by atoms with E-state index in [2.05, 4.69) is 26.8 Å². The minimum atomic E-state index is 0.324. The number of rotatable bonds is 4. The van der Waals surface area contributed by atoms with Crippen molar-refractivity contribution in [3.8, 4) is 11.5 Å². The van der Waals surface area contributed by atoms with Crippen LogP contribution in [0.5, 0.6) is 11.5 Å². The summed E-state index contributed by atoms with van der Waals surface area (Å²) in [5.74, 6) is 2.83. The largest absolute Gasteiger partial charge is 0.454 e. The van der Waals surface area contributed by atoms with E-state index < -0.39 is 0 Å². The van der Waals surface area contributed by atoms with Gasteiger partial charge in [-0.05, 0) is 49.3 Å². The molecule has 3 aliphatic heterocycles. The Morgan fingerprint density at radius 3 is 2.55 bits per heavy atom. The molecule has 5 rings (SSSR count). The maximum atomic E-state index is 13.0. The summed E-state index contributed by atoms with van der Waals surface area (Å²) in [6, 6.07) is 6.75. The Labute approximate surface area is 173 Å². The van der Waals surface area contributed by atoms with E-state index in [9.17, 15) is 4.79 Å². The summed E-state index contributed by atoms with van der Waals surface area (Å²) in [6.45, 7) is 6.78. The van der Waals surface area contributed by atoms with Gasteiger partial charge in [-0.2, -0.15) is 0 Å². The van der Waals surface area contributed by atoms with Gasteiger partial charge in [0.2, 0.25) is 12.7 Å². The van der Waals surface area contributed by atoms with E-state index in [0.717, 1.165) is 56.7 Å². The Morgan fingerprint density at radius 1 is 0.897 bits per heavy atom. The molecule has 4 aliphatic rings. The van der Waals surface area contributed by atoms with Crippen molar-refractivity contribution in [2.45, 2.75) is 51.1 Å². The summed E-state index contributed by atoms with van der Waals surface area (Å²) >= 11 is 0. The average molecular weight is 400 g/mol. The van der Waals surface area contributed by atoms with Crippen LogP contribution in [-0.4, -0.2) is 72.7 Å². The first-order valence-electron chi connectivity index (χ1n) is 11.4. The van der Waals surface area contributed by atoms with E-state index in [1.165, 1.54) is 44.1 Å². The van der Waals surface area contributed by atoms with Gasteiger partial charge in [-0.1, -0.05) is 18.9 Å². The summed E-state index contributed by atoms with van der Waals surface area (Å²) in [7, 11) is 0. The van der Waals surface area contributed by atoms with Crippen LogP contribution in [0.15, 0.2) is 18.2 Å². The van der Waals surface area contributed by atoms with E-state index in [1.807, 2.05) is 6.07 Å². The highest BCUT2D eigenvalue weighted by Crippen LogP contribution is 2.35. The molecule has 3 fully saturated rings. The molecule has 2 atom stereocenters. The first-order chi connectivity index (χ1) is 14.3. The molecule has 1 aromatic carbocycles. The van der Waals surface area contributed by atoms with Crippen molar-refractivity contribution in [3.05, 3.63) is 23.8 Å². The topological polar surface area (TPSA) is 45.3 Å². The van der Waals surface area contributed by atoms with Crippen molar-refractivity contribution in [1.82, 2.24) is 14.7 Å². The van der Waals surface area contributed by atoms with Gasteiger partial charge in [0.1, 0.15) is 0 Å².